The number of nitrogens with zero attached hydrogens (tertiary/aromatic N) is 1. The minimum absolute atomic E-state index is 0.755. The Morgan fingerprint density at radius 1 is 1.33 bits per heavy atom. The summed E-state index contributed by atoms with van der Waals surface area (Å²) < 4.78 is 0. The average Bonchev–Trinajstić information content (AvgIpc) is 2.35. The smallest absolute Gasteiger partial charge is 0.0270 e. The molecule has 0 saturated heterocycles. The Bertz CT molecular complexity index is 383. The van der Waals surface area contributed by atoms with Crippen molar-refractivity contribution >= 4 is 0 Å². The van der Waals surface area contributed by atoms with Crippen LogP contribution in [-0.2, 0) is 6.42 Å². The van der Waals surface area contributed by atoms with Crippen LogP contribution >= 0.6 is 0 Å². The van der Waals surface area contributed by atoms with Crippen molar-refractivity contribution in [3.8, 4) is 0 Å². The molecule has 18 heavy (non-hydrogen) atoms. The van der Waals surface area contributed by atoms with Crippen molar-refractivity contribution in [1.82, 2.24) is 10.3 Å². The Kier molecular flexibility index (Phi) is 4.94. The van der Waals surface area contributed by atoms with E-state index in [1.165, 1.54) is 18.4 Å². The molecule has 0 aromatic carbocycles. The molecule has 2 nitrogen and oxygen atoms in total. The molecule has 1 N–H and O–H groups in total. The standard InChI is InChI=1S/C16H24N2/c1-13-9-14(2)11-16(10-13)12-18-8-5-15-3-6-17-7-4-15/h3-4,6-7,9,13,16,18H,5,8,10-12H2,1-2H3. The average molecular weight is 244 g/mol. The summed E-state index contributed by atoms with van der Waals surface area (Å²) in [5, 5.41) is 3.60. The van der Waals surface area contributed by atoms with E-state index >= 15 is 0 Å². The van der Waals surface area contributed by atoms with Gasteiger partial charge in [0.1, 0.15) is 0 Å². The lowest BCUT2D eigenvalue weighted by Gasteiger charge is -2.25. The highest BCUT2D eigenvalue weighted by Gasteiger charge is 2.17. The summed E-state index contributed by atoms with van der Waals surface area (Å²) in [5.41, 5.74) is 2.93. The maximum Gasteiger partial charge on any atom is 0.0270 e. The normalized spacial score (nSPS) is 23.8. The van der Waals surface area contributed by atoms with Gasteiger partial charge in [-0.15, -0.1) is 0 Å². The molecule has 0 amide bonds. The van der Waals surface area contributed by atoms with Gasteiger partial charge in [0.2, 0.25) is 0 Å². The zero-order valence-electron chi connectivity index (χ0n) is 11.5. The van der Waals surface area contributed by atoms with Crippen molar-refractivity contribution in [3.05, 3.63) is 41.7 Å². The maximum absolute atomic E-state index is 4.04. The van der Waals surface area contributed by atoms with Gasteiger partial charge in [-0.2, -0.15) is 0 Å². The Labute approximate surface area is 111 Å². The number of pyridine rings is 1. The first-order valence-corrected chi connectivity index (χ1v) is 7.01. The zero-order chi connectivity index (χ0) is 12.8. The number of rotatable bonds is 5. The van der Waals surface area contributed by atoms with Crippen LogP contribution in [0, 0.1) is 11.8 Å². The van der Waals surface area contributed by atoms with Crippen molar-refractivity contribution in [2.45, 2.75) is 33.1 Å². The second-order valence-electron chi connectivity index (χ2n) is 5.61. The topological polar surface area (TPSA) is 24.9 Å². The van der Waals surface area contributed by atoms with E-state index in [4.69, 9.17) is 0 Å². The molecule has 0 fully saturated rings. The fraction of sp³-hybridized carbons (Fsp3) is 0.562. The number of allylic oxidation sites excluding steroid dienone is 2. The zero-order valence-corrected chi connectivity index (χ0v) is 11.5. The minimum Gasteiger partial charge on any atom is -0.316 e. The first-order valence-electron chi connectivity index (χ1n) is 7.01. The third-order valence-corrected chi connectivity index (χ3v) is 3.66. The first kappa shape index (κ1) is 13.3. The number of aromatic nitrogens is 1. The number of hydrogen-bond donors (Lipinski definition) is 1. The maximum atomic E-state index is 4.04. The Balaban J connectivity index is 1.66. The van der Waals surface area contributed by atoms with Crippen molar-refractivity contribution < 1.29 is 0 Å². The Morgan fingerprint density at radius 3 is 2.83 bits per heavy atom. The first-order chi connectivity index (χ1) is 8.74. The molecule has 2 atom stereocenters. The molecular weight excluding hydrogens is 220 g/mol. The highest BCUT2D eigenvalue weighted by atomic mass is 14.9. The van der Waals surface area contributed by atoms with Crippen LogP contribution < -0.4 is 5.32 Å². The van der Waals surface area contributed by atoms with E-state index in [9.17, 15) is 0 Å². The summed E-state index contributed by atoms with van der Waals surface area (Å²) in [6.45, 7) is 6.81. The summed E-state index contributed by atoms with van der Waals surface area (Å²) in [6.07, 6.45) is 9.86. The molecule has 2 rings (SSSR count). The van der Waals surface area contributed by atoms with Crippen LogP contribution in [0.15, 0.2) is 36.2 Å². The van der Waals surface area contributed by atoms with Gasteiger partial charge >= 0.3 is 0 Å². The van der Waals surface area contributed by atoms with Gasteiger partial charge in [-0.25, -0.2) is 0 Å². The second kappa shape index (κ2) is 6.69. The van der Waals surface area contributed by atoms with Crippen LogP contribution in [0.25, 0.3) is 0 Å². The fourth-order valence-corrected chi connectivity index (χ4v) is 2.93. The highest BCUT2D eigenvalue weighted by molar-refractivity contribution is 5.10. The van der Waals surface area contributed by atoms with Crippen molar-refractivity contribution in [2.24, 2.45) is 11.8 Å². The SMILES string of the molecule is CC1=CC(C)CC(CNCCc2ccncc2)C1. The molecule has 0 aliphatic heterocycles. The molecule has 2 unspecified atom stereocenters. The Hall–Kier alpha value is -1.15. The van der Waals surface area contributed by atoms with E-state index in [2.05, 4.69) is 42.4 Å². The van der Waals surface area contributed by atoms with Gasteiger partial charge in [0.05, 0.1) is 0 Å². The van der Waals surface area contributed by atoms with Gasteiger partial charge in [-0.1, -0.05) is 18.6 Å². The highest BCUT2D eigenvalue weighted by Crippen LogP contribution is 2.27. The van der Waals surface area contributed by atoms with Crippen molar-refractivity contribution in [3.63, 3.8) is 0 Å². The van der Waals surface area contributed by atoms with Gasteiger partial charge in [0, 0.05) is 12.4 Å². The predicted octanol–water partition coefficient (Wildman–Crippen LogP) is 3.21. The fourth-order valence-electron chi connectivity index (χ4n) is 2.93. The van der Waals surface area contributed by atoms with Crippen LogP contribution in [0.2, 0.25) is 0 Å². The molecule has 2 heteroatoms. The molecule has 1 aromatic heterocycles. The molecule has 1 aliphatic rings. The lowest BCUT2D eigenvalue weighted by atomic mass is 9.84. The lowest BCUT2D eigenvalue weighted by Crippen LogP contribution is -2.27. The summed E-state index contributed by atoms with van der Waals surface area (Å²) in [4.78, 5) is 4.04. The van der Waals surface area contributed by atoms with Gasteiger partial charge < -0.3 is 5.32 Å². The van der Waals surface area contributed by atoms with Crippen LogP contribution in [-0.4, -0.2) is 18.1 Å². The monoisotopic (exact) mass is 244 g/mol. The van der Waals surface area contributed by atoms with E-state index < -0.39 is 0 Å². The minimum atomic E-state index is 0.755. The van der Waals surface area contributed by atoms with Crippen LogP contribution in [0.3, 0.4) is 0 Å². The quantitative estimate of drug-likeness (QED) is 0.635. The molecule has 1 aromatic rings. The van der Waals surface area contributed by atoms with E-state index in [-0.39, 0.29) is 0 Å². The molecular formula is C16H24N2. The van der Waals surface area contributed by atoms with Crippen molar-refractivity contribution in [2.75, 3.05) is 13.1 Å². The summed E-state index contributed by atoms with van der Waals surface area (Å²) in [5.74, 6) is 1.58. The third kappa shape index (κ3) is 4.26. The molecule has 98 valence electrons. The van der Waals surface area contributed by atoms with Gasteiger partial charge in [0.15, 0.2) is 0 Å². The van der Waals surface area contributed by atoms with Crippen LogP contribution in [0.4, 0.5) is 0 Å². The molecule has 0 bridgehead atoms. The Morgan fingerprint density at radius 2 is 2.11 bits per heavy atom. The summed E-state index contributed by atoms with van der Waals surface area (Å²) in [7, 11) is 0. The van der Waals surface area contributed by atoms with E-state index in [0.717, 1.165) is 31.3 Å². The molecule has 0 saturated carbocycles. The molecule has 0 spiro atoms. The predicted molar refractivity (Wildman–Crippen MR) is 76.5 cm³/mol. The molecule has 1 aliphatic carbocycles. The summed E-state index contributed by atoms with van der Waals surface area (Å²) >= 11 is 0. The lowest BCUT2D eigenvalue weighted by molar-refractivity contribution is 0.383. The van der Waals surface area contributed by atoms with Gasteiger partial charge in [0.25, 0.3) is 0 Å². The van der Waals surface area contributed by atoms with E-state index in [1.807, 2.05) is 12.4 Å². The van der Waals surface area contributed by atoms with E-state index in [0.29, 0.717) is 0 Å². The number of hydrogen-bond acceptors (Lipinski definition) is 2. The number of nitrogens with one attached hydrogen (secondary N) is 1. The molecule has 0 radical (unpaired) electrons. The van der Waals surface area contributed by atoms with E-state index in [1.54, 1.807) is 5.57 Å². The van der Waals surface area contributed by atoms with Gasteiger partial charge in [-0.05, 0) is 68.8 Å². The summed E-state index contributed by atoms with van der Waals surface area (Å²) in [6, 6.07) is 4.19. The largest absolute Gasteiger partial charge is 0.316 e. The molecule has 1 heterocycles. The van der Waals surface area contributed by atoms with Gasteiger partial charge in [-0.3, -0.25) is 4.98 Å². The van der Waals surface area contributed by atoms with Crippen molar-refractivity contribution in [1.29, 1.82) is 0 Å². The van der Waals surface area contributed by atoms with Crippen LogP contribution in [0.5, 0.6) is 0 Å². The third-order valence-electron chi connectivity index (χ3n) is 3.66. The van der Waals surface area contributed by atoms with Crippen LogP contribution in [0.1, 0.15) is 32.3 Å². The second-order valence-corrected chi connectivity index (χ2v) is 5.61.